The number of benzene rings is 1. The van der Waals surface area contributed by atoms with E-state index < -0.39 is 0 Å². The van der Waals surface area contributed by atoms with Crippen molar-refractivity contribution in [2.45, 2.75) is 50.6 Å². The molecule has 2 amide bonds. The SMILES string of the molecule is O=C(C1CC1)N1CCC(N(C(=O)Cc2ccccc2Cl)C2CCOCC2)C1. The second kappa shape index (κ2) is 8.19. The average Bonchev–Trinajstić information content (AvgIpc) is 3.42. The van der Waals surface area contributed by atoms with E-state index in [1.54, 1.807) is 0 Å². The number of carbonyl (C=O) groups is 2. The highest BCUT2D eigenvalue weighted by Crippen LogP contribution is 2.33. The van der Waals surface area contributed by atoms with Crippen LogP contribution in [0.4, 0.5) is 0 Å². The van der Waals surface area contributed by atoms with E-state index in [1.807, 2.05) is 29.2 Å². The number of hydrogen-bond donors (Lipinski definition) is 0. The normalized spacial score (nSPS) is 23.4. The van der Waals surface area contributed by atoms with Gasteiger partial charge in [0.1, 0.15) is 0 Å². The van der Waals surface area contributed by atoms with Crippen LogP contribution in [0.3, 0.4) is 0 Å². The number of nitrogens with zero attached hydrogens (tertiary/aromatic N) is 2. The van der Waals surface area contributed by atoms with Crippen LogP contribution in [0.15, 0.2) is 24.3 Å². The van der Waals surface area contributed by atoms with Crippen molar-refractivity contribution in [2.75, 3.05) is 26.3 Å². The van der Waals surface area contributed by atoms with Gasteiger partial charge in [0.15, 0.2) is 0 Å². The van der Waals surface area contributed by atoms with Crippen molar-refractivity contribution in [2.24, 2.45) is 5.92 Å². The fourth-order valence-electron chi connectivity index (χ4n) is 4.32. The van der Waals surface area contributed by atoms with Gasteiger partial charge in [-0.15, -0.1) is 0 Å². The van der Waals surface area contributed by atoms with E-state index in [9.17, 15) is 9.59 Å². The summed E-state index contributed by atoms with van der Waals surface area (Å²) in [7, 11) is 0. The molecule has 1 saturated carbocycles. The highest BCUT2D eigenvalue weighted by atomic mass is 35.5. The first-order valence-corrected chi connectivity index (χ1v) is 10.4. The second-order valence-corrected chi connectivity index (χ2v) is 8.32. The minimum absolute atomic E-state index is 0.103. The van der Waals surface area contributed by atoms with Crippen molar-refractivity contribution in [3.8, 4) is 0 Å². The first-order valence-electron chi connectivity index (χ1n) is 10.0. The third-order valence-electron chi connectivity index (χ3n) is 5.97. The fraction of sp³-hybridized carbons (Fsp3) is 0.619. The van der Waals surface area contributed by atoms with E-state index in [0.29, 0.717) is 31.2 Å². The lowest BCUT2D eigenvalue weighted by atomic mass is 10.0. The van der Waals surface area contributed by atoms with Crippen molar-refractivity contribution in [3.63, 3.8) is 0 Å². The van der Waals surface area contributed by atoms with Gasteiger partial charge in [0.2, 0.25) is 11.8 Å². The minimum atomic E-state index is 0.103. The van der Waals surface area contributed by atoms with Gasteiger partial charge in [0, 0.05) is 43.3 Å². The maximum atomic E-state index is 13.3. The van der Waals surface area contributed by atoms with Gasteiger partial charge in [-0.3, -0.25) is 9.59 Å². The van der Waals surface area contributed by atoms with Gasteiger partial charge in [-0.05, 0) is 43.7 Å². The van der Waals surface area contributed by atoms with Crippen LogP contribution < -0.4 is 0 Å². The molecule has 27 heavy (non-hydrogen) atoms. The quantitative estimate of drug-likeness (QED) is 0.776. The molecule has 1 aliphatic carbocycles. The van der Waals surface area contributed by atoms with Crippen LogP contribution in [0.2, 0.25) is 5.02 Å². The van der Waals surface area contributed by atoms with E-state index in [4.69, 9.17) is 16.3 Å². The molecule has 4 rings (SSSR count). The fourth-order valence-corrected chi connectivity index (χ4v) is 4.52. The zero-order valence-electron chi connectivity index (χ0n) is 15.6. The summed E-state index contributed by atoms with van der Waals surface area (Å²) < 4.78 is 5.51. The van der Waals surface area contributed by atoms with Gasteiger partial charge in [0.05, 0.1) is 12.5 Å². The average molecular weight is 391 g/mol. The van der Waals surface area contributed by atoms with Crippen LogP contribution in [-0.4, -0.2) is 60.0 Å². The summed E-state index contributed by atoms with van der Waals surface area (Å²) in [5, 5.41) is 0.634. The maximum Gasteiger partial charge on any atom is 0.227 e. The van der Waals surface area contributed by atoms with E-state index in [2.05, 4.69) is 4.90 Å². The number of ether oxygens (including phenoxy) is 1. The Bertz CT molecular complexity index is 700. The van der Waals surface area contributed by atoms with Crippen LogP contribution in [0.1, 0.15) is 37.7 Å². The monoisotopic (exact) mass is 390 g/mol. The highest BCUT2D eigenvalue weighted by Gasteiger charge is 2.40. The van der Waals surface area contributed by atoms with Gasteiger partial charge < -0.3 is 14.5 Å². The van der Waals surface area contributed by atoms with Gasteiger partial charge >= 0.3 is 0 Å². The number of amides is 2. The summed E-state index contributed by atoms with van der Waals surface area (Å²) in [5.41, 5.74) is 0.866. The molecule has 0 aromatic heterocycles. The lowest BCUT2D eigenvalue weighted by Gasteiger charge is -2.38. The number of likely N-dealkylation sites (tertiary alicyclic amines) is 1. The molecule has 2 heterocycles. The van der Waals surface area contributed by atoms with E-state index in [-0.39, 0.29) is 29.8 Å². The Balaban J connectivity index is 1.49. The maximum absolute atomic E-state index is 13.3. The van der Waals surface area contributed by atoms with Crippen molar-refractivity contribution in [1.29, 1.82) is 0 Å². The van der Waals surface area contributed by atoms with Crippen LogP contribution in [0, 0.1) is 5.92 Å². The zero-order valence-corrected chi connectivity index (χ0v) is 16.4. The molecule has 1 aromatic rings. The highest BCUT2D eigenvalue weighted by molar-refractivity contribution is 6.31. The molecule has 2 aliphatic heterocycles. The van der Waals surface area contributed by atoms with Gasteiger partial charge in [-0.1, -0.05) is 29.8 Å². The number of halogens is 1. The van der Waals surface area contributed by atoms with Crippen LogP contribution in [0.5, 0.6) is 0 Å². The largest absolute Gasteiger partial charge is 0.381 e. The Morgan fingerprint density at radius 2 is 1.81 bits per heavy atom. The lowest BCUT2D eigenvalue weighted by Crippen LogP contribution is -2.51. The van der Waals surface area contributed by atoms with E-state index >= 15 is 0 Å². The van der Waals surface area contributed by atoms with Crippen LogP contribution in [-0.2, 0) is 20.7 Å². The molecule has 1 aromatic carbocycles. The first-order chi connectivity index (χ1) is 13.1. The first kappa shape index (κ1) is 18.8. The third-order valence-corrected chi connectivity index (χ3v) is 6.34. The molecule has 2 saturated heterocycles. The van der Waals surface area contributed by atoms with Crippen LogP contribution in [0.25, 0.3) is 0 Å². The van der Waals surface area contributed by atoms with Crippen molar-refractivity contribution >= 4 is 23.4 Å². The van der Waals surface area contributed by atoms with Gasteiger partial charge in [-0.2, -0.15) is 0 Å². The smallest absolute Gasteiger partial charge is 0.227 e. The van der Waals surface area contributed by atoms with Crippen molar-refractivity contribution in [3.05, 3.63) is 34.9 Å². The topological polar surface area (TPSA) is 49.9 Å². The summed E-state index contributed by atoms with van der Waals surface area (Å²) in [4.78, 5) is 29.8. The Labute approximate surface area is 165 Å². The second-order valence-electron chi connectivity index (χ2n) is 7.91. The molecule has 0 spiro atoms. The molecular weight excluding hydrogens is 364 g/mol. The van der Waals surface area contributed by atoms with E-state index in [1.165, 1.54) is 0 Å². The van der Waals surface area contributed by atoms with Crippen molar-refractivity contribution in [1.82, 2.24) is 9.80 Å². The molecule has 0 bridgehead atoms. The van der Waals surface area contributed by atoms with Gasteiger partial charge in [-0.25, -0.2) is 0 Å². The van der Waals surface area contributed by atoms with E-state index in [0.717, 1.165) is 44.2 Å². The summed E-state index contributed by atoms with van der Waals surface area (Å²) in [6.45, 7) is 2.82. The molecule has 1 atom stereocenters. The summed E-state index contributed by atoms with van der Waals surface area (Å²) in [6.07, 6.45) is 4.95. The molecular formula is C21H27ClN2O3. The molecule has 0 N–H and O–H groups in total. The van der Waals surface area contributed by atoms with Crippen LogP contribution >= 0.6 is 11.6 Å². The lowest BCUT2D eigenvalue weighted by molar-refractivity contribution is -0.139. The third kappa shape index (κ3) is 4.30. The number of rotatable bonds is 5. The van der Waals surface area contributed by atoms with Gasteiger partial charge in [0.25, 0.3) is 0 Å². The summed E-state index contributed by atoms with van der Waals surface area (Å²) in [5.74, 6) is 0.628. The number of carbonyl (C=O) groups excluding carboxylic acids is 2. The molecule has 146 valence electrons. The predicted octanol–water partition coefficient (Wildman–Crippen LogP) is 2.90. The minimum Gasteiger partial charge on any atom is -0.381 e. The molecule has 3 fully saturated rings. The zero-order chi connectivity index (χ0) is 18.8. The Hall–Kier alpha value is -1.59. The molecule has 6 heteroatoms. The Morgan fingerprint density at radius 3 is 2.52 bits per heavy atom. The molecule has 0 radical (unpaired) electrons. The summed E-state index contributed by atoms with van der Waals surface area (Å²) >= 11 is 6.28. The summed E-state index contributed by atoms with van der Waals surface area (Å²) in [6, 6.07) is 7.83. The predicted molar refractivity (Wildman–Crippen MR) is 104 cm³/mol. The van der Waals surface area contributed by atoms with Crippen molar-refractivity contribution < 1.29 is 14.3 Å². The molecule has 3 aliphatic rings. The molecule has 5 nitrogen and oxygen atoms in total. The Kier molecular flexibility index (Phi) is 5.69. The standard InChI is InChI=1S/C21H27ClN2O3/c22-19-4-2-1-3-16(19)13-20(25)24(17-8-11-27-12-9-17)18-7-10-23(14-18)21(26)15-5-6-15/h1-4,15,17-18H,5-14H2. The Morgan fingerprint density at radius 1 is 1.07 bits per heavy atom. The number of hydrogen-bond acceptors (Lipinski definition) is 3. The molecule has 1 unspecified atom stereocenters.